The minimum Gasteiger partial charge on any atom is -0.508 e. The number of Topliss-reactive ketones (excluding diaryl/α,β-unsaturated/α-hetero) is 2. The highest BCUT2D eigenvalue weighted by Gasteiger charge is 2.75. The van der Waals surface area contributed by atoms with E-state index >= 15 is 9.59 Å². The van der Waals surface area contributed by atoms with E-state index in [0.29, 0.717) is 62.8 Å². The zero-order chi connectivity index (χ0) is 46.1. The van der Waals surface area contributed by atoms with Crippen molar-refractivity contribution in [2.75, 3.05) is 19.3 Å². The lowest BCUT2D eigenvalue weighted by molar-refractivity contribution is -0.206. The van der Waals surface area contributed by atoms with Gasteiger partial charge in [-0.05, 0) is 178 Å². The molecule has 0 radical (unpaired) electrons. The number of anilines is 1. The van der Waals surface area contributed by atoms with Crippen molar-refractivity contribution in [1.29, 1.82) is 0 Å². The van der Waals surface area contributed by atoms with Gasteiger partial charge in [0.15, 0.2) is 5.78 Å². The second-order valence-electron chi connectivity index (χ2n) is 24.5. The number of aliphatic hydroxyl groups is 2. The Hall–Kier alpha value is -3.08. The van der Waals surface area contributed by atoms with E-state index in [4.69, 9.17) is 10.5 Å². The van der Waals surface area contributed by atoms with Gasteiger partial charge in [-0.2, -0.15) is 0 Å². The summed E-state index contributed by atoms with van der Waals surface area (Å²) < 4.78 is 6.57. The number of hydrogen-bond acceptors (Lipinski definition) is 9. The third kappa shape index (κ3) is 6.83. The minimum absolute atomic E-state index is 0.0223. The molecule has 10 rings (SSSR count). The predicted octanol–water partition coefficient (Wildman–Crippen LogP) is 9.20. The van der Waals surface area contributed by atoms with E-state index in [1.54, 1.807) is 0 Å². The summed E-state index contributed by atoms with van der Waals surface area (Å²) >= 11 is 0. The molecule has 354 valence electrons. The Morgan fingerprint density at radius 2 is 1.74 bits per heavy atom. The SMILES string of the molecule is CNCc1cc(O)cc(C23CCCC45CC(=O)C(C(C)CC(O)C6OC6(C)C6CCCC6c6cccc(N)c6)=C4CCC4C(C)(C2)C2C(CC45C)NCC(C)(O)CCCCC2(C)C3=O)c1. The van der Waals surface area contributed by atoms with Crippen molar-refractivity contribution in [3.8, 4) is 5.75 Å². The number of ether oxygens (including phenoxy) is 1. The number of carbonyl (C=O) groups excluding carboxylic acids is 2. The maximum atomic E-state index is 16.2. The van der Waals surface area contributed by atoms with E-state index in [1.165, 1.54) is 11.1 Å². The van der Waals surface area contributed by atoms with Crippen LogP contribution >= 0.6 is 0 Å². The van der Waals surface area contributed by atoms with Crippen molar-refractivity contribution in [2.45, 2.75) is 192 Å². The molecular formula is C56H79N3O6. The van der Waals surface area contributed by atoms with Crippen LogP contribution in [0.5, 0.6) is 5.75 Å². The molecule has 2 aliphatic heterocycles. The van der Waals surface area contributed by atoms with Crippen LogP contribution in [0, 0.1) is 45.3 Å². The molecule has 0 amide bonds. The highest BCUT2D eigenvalue weighted by molar-refractivity contribution is 6.01. The molecule has 0 aromatic heterocycles. The minimum atomic E-state index is -0.860. The Morgan fingerprint density at radius 3 is 2.51 bits per heavy atom. The molecule has 2 aromatic carbocycles. The topological polar surface area (TPSA) is 157 Å². The molecule has 15 unspecified atom stereocenters. The van der Waals surface area contributed by atoms with Crippen LogP contribution in [0.3, 0.4) is 0 Å². The summed E-state index contributed by atoms with van der Waals surface area (Å²) in [5.74, 6) is 1.62. The van der Waals surface area contributed by atoms with Crippen molar-refractivity contribution in [2.24, 2.45) is 45.3 Å². The summed E-state index contributed by atoms with van der Waals surface area (Å²) in [6, 6.07) is 14.2. The lowest BCUT2D eigenvalue weighted by atomic mass is 9.32. The van der Waals surface area contributed by atoms with Gasteiger partial charge in [0, 0.05) is 42.1 Å². The number of carbonyl (C=O) groups is 2. The van der Waals surface area contributed by atoms with Gasteiger partial charge in [-0.25, -0.2) is 0 Å². The Labute approximate surface area is 388 Å². The van der Waals surface area contributed by atoms with Gasteiger partial charge in [0.1, 0.15) is 17.6 Å². The standard InChI is InChI=1S/C56H79N3O6/c1-33(23-43(61)48-54(6,65-48)40-16-11-15-39(40)35-13-10-14-37(57)26-35)46-41-17-18-45-52(4)31-55(36-24-34(30-58-7)25-38(60)27-36)21-12-22-56(41,29-44(46)62)53(45,5)28-42-47(52)51(3,49(55)63)20-9-8-19-50(2,64)32-59-42/h10,13-14,24-27,33,39-40,42-43,45,47-48,58-61,64H,8-9,11-12,15-23,28-32,57H2,1-7H3. The molecular weight excluding hydrogens is 811 g/mol. The van der Waals surface area contributed by atoms with Gasteiger partial charge >= 0.3 is 0 Å². The maximum absolute atomic E-state index is 16.2. The summed E-state index contributed by atoms with van der Waals surface area (Å²) in [5.41, 5.74) is 8.91. The van der Waals surface area contributed by atoms with E-state index in [9.17, 15) is 15.3 Å². The van der Waals surface area contributed by atoms with Gasteiger partial charge in [0.2, 0.25) is 0 Å². The van der Waals surface area contributed by atoms with Crippen LogP contribution in [0.2, 0.25) is 0 Å². The molecule has 9 heteroatoms. The van der Waals surface area contributed by atoms with Crippen LogP contribution < -0.4 is 16.4 Å². The molecule has 15 atom stereocenters. The summed E-state index contributed by atoms with van der Waals surface area (Å²) in [5, 5.41) is 42.5. The lowest BCUT2D eigenvalue weighted by Gasteiger charge is -2.72. The first-order valence-electron chi connectivity index (χ1n) is 25.7. The number of epoxide rings is 1. The number of aliphatic hydroxyl groups excluding tert-OH is 1. The van der Waals surface area contributed by atoms with Crippen LogP contribution in [-0.4, -0.2) is 69.9 Å². The third-order valence-electron chi connectivity index (χ3n) is 20.5. The van der Waals surface area contributed by atoms with Gasteiger partial charge in [-0.3, -0.25) is 9.59 Å². The first-order chi connectivity index (χ1) is 30.8. The third-order valence-corrected chi connectivity index (χ3v) is 20.5. The largest absolute Gasteiger partial charge is 0.508 e. The van der Waals surface area contributed by atoms with Gasteiger partial charge in [-0.1, -0.05) is 77.2 Å². The normalized spacial score (nSPS) is 44.5. The number of allylic oxidation sites excluding steroid dienone is 2. The van der Waals surface area contributed by atoms with Crippen LogP contribution in [-0.2, 0) is 26.3 Å². The summed E-state index contributed by atoms with van der Waals surface area (Å²) in [6.45, 7) is 14.7. The molecule has 5 bridgehead atoms. The number of nitrogen functional groups attached to an aromatic ring is 1. The molecule has 7 N–H and O–H groups in total. The number of β-amino-alcohol motifs (C(OH)–C–C–N with tert-alkyl or cyclic N) is 1. The van der Waals surface area contributed by atoms with E-state index in [1.807, 2.05) is 38.2 Å². The summed E-state index contributed by atoms with van der Waals surface area (Å²) in [7, 11) is 1.92. The number of hydrogen-bond donors (Lipinski definition) is 6. The van der Waals surface area contributed by atoms with Crippen LogP contribution in [0.15, 0.2) is 53.6 Å². The van der Waals surface area contributed by atoms with E-state index < -0.39 is 28.1 Å². The molecule has 6 aliphatic carbocycles. The fourth-order valence-electron chi connectivity index (χ4n) is 18.2. The van der Waals surface area contributed by atoms with E-state index in [-0.39, 0.29) is 57.7 Å². The van der Waals surface area contributed by atoms with Crippen molar-refractivity contribution in [1.82, 2.24) is 10.6 Å². The maximum Gasteiger partial charge on any atom is 0.160 e. The Bertz CT molecular complexity index is 2270. The zero-order valence-corrected chi connectivity index (χ0v) is 40.5. The number of phenolic OH excluding ortho intramolecular Hbond substituents is 1. The zero-order valence-electron chi connectivity index (χ0n) is 40.5. The summed E-state index contributed by atoms with van der Waals surface area (Å²) in [6.07, 6.45) is 12.2. The van der Waals surface area contributed by atoms with Crippen LogP contribution in [0.25, 0.3) is 0 Å². The van der Waals surface area contributed by atoms with E-state index in [0.717, 1.165) is 93.0 Å². The average molecular weight is 890 g/mol. The predicted molar refractivity (Wildman–Crippen MR) is 255 cm³/mol. The highest BCUT2D eigenvalue weighted by atomic mass is 16.6. The Balaban J connectivity index is 1.04. The van der Waals surface area contributed by atoms with Crippen LogP contribution in [0.4, 0.5) is 5.69 Å². The number of rotatable bonds is 9. The van der Waals surface area contributed by atoms with Crippen molar-refractivity contribution in [3.63, 3.8) is 0 Å². The number of ketones is 2. The monoisotopic (exact) mass is 890 g/mol. The van der Waals surface area contributed by atoms with Gasteiger partial charge in [0.05, 0.1) is 22.7 Å². The number of benzene rings is 2. The first kappa shape index (κ1) is 45.7. The quantitative estimate of drug-likeness (QED) is 0.107. The smallest absolute Gasteiger partial charge is 0.160 e. The number of phenols is 1. The van der Waals surface area contributed by atoms with Gasteiger partial charge in [0.25, 0.3) is 0 Å². The number of aromatic hydroxyl groups is 1. The first-order valence-corrected chi connectivity index (χ1v) is 25.7. The molecule has 65 heavy (non-hydrogen) atoms. The molecule has 1 spiro atoms. The van der Waals surface area contributed by atoms with Gasteiger partial charge in [-0.15, -0.1) is 0 Å². The summed E-state index contributed by atoms with van der Waals surface area (Å²) in [4.78, 5) is 31.3. The number of nitrogens with two attached hydrogens (primary N) is 1. The molecule has 9 nitrogen and oxygen atoms in total. The van der Waals surface area contributed by atoms with E-state index in [2.05, 4.69) is 63.5 Å². The number of nitrogens with one attached hydrogen (secondary N) is 2. The van der Waals surface area contributed by atoms with Crippen molar-refractivity contribution in [3.05, 3.63) is 70.3 Å². The molecule has 5 saturated carbocycles. The van der Waals surface area contributed by atoms with Crippen molar-refractivity contribution < 1.29 is 29.6 Å². The highest BCUT2D eigenvalue weighted by Crippen LogP contribution is 2.78. The van der Waals surface area contributed by atoms with Gasteiger partial charge < -0.3 is 36.4 Å². The lowest BCUT2D eigenvalue weighted by Crippen LogP contribution is -2.72. The molecule has 2 heterocycles. The molecule has 7 fully saturated rings. The van der Waals surface area contributed by atoms with Crippen LogP contribution in [0.1, 0.15) is 167 Å². The number of fused-ring (bicyclic) bond motifs is 1. The fourth-order valence-corrected chi connectivity index (χ4v) is 18.2. The second-order valence-corrected chi connectivity index (χ2v) is 24.5. The fraction of sp³-hybridized carbons (Fsp3) is 0.714. The molecule has 8 aliphatic rings. The Morgan fingerprint density at radius 1 is 0.954 bits per heavy atom. The Kier molecular flexibility index (Phi) is 11.1. The molecule has 2 aromatic rings. The second kappa shape index (κ2) is 15.7. The average Bonchev–Trinajstić information content (AvgIpc) is 3.53. The van der Waals surface area contributed by atoms with Crippen molar-refractivity contribution >= 4 is 17.3 Å². The molecule has 2 saturated heterocycles.